The molecule has 92 valence electrons. The van der Waals surface area contributed by atoms with Crippen LogP contribution in [0.3, 0.4) is 0 Å². The lowest BCUT2D eigenvalue weighted by atomic mass is 10.2. The molecule has 0 aliphatic rings. The highest BCUT2D eigenvalue weighted by molar-refractivity contribution is 7.09. The summed E-state index contributed by atoms with van der Waals surface area (Å²) in [7, 11) is 2.00. The van der Waals surface area contributed by atoms with Crippen molar-refractivity contribution in [3.63, 3.8) is 0 Å². The van der Waals surface area contributed by atoms with Crippen molar-refractivity contribution in [2.75, 3.05) is 0 Å². The van der Waals surface area contributed by atoms with E-state index in [0.29, 0.717) is 6.54 Å². The number of imidazole rings is 1. The van der Waals surface area contributed by atoms with Gasteiger partial charge in [-0.1, -0.05) is 16.6 Å². The number of nitrogens with two attached hydrogens (primary N) is 1. The number of aryl methyl sites for hydroxylation is 2. The molecule has 2 heterocycles. The number of para-hydroxylation sites is 1. The predicted octanol–water partition coefficient (Wildman–Crippen LogP) is 1.86. The van der Waals surface area contributed by atoms with Crippen LogP contribution in [0.4, 0.5) is 0 Å². The highest BCUT2D eigenvalue weighted by Crippen LogP contribution is 2.29. The van der Waals surface area contributed by atoms with Gasteiger partial charge in [0.15, 0.2) is 5.82 Å². The van der Waals surface area contributed by atoms with E-state index in [0.717, 1.165) is 33.0 Å². The van der Waals surface area contributed by atoms with Crippen LogP contribution >= 0.6 is 11.5 Å². The predicted molar refractivity (Wildman–Crippen MR) is 72.2 cm³/mol. The topological polar surface area (TPSA) is 69.6 Å². The maximum atomic E-state index is 5.75. The van der Waals surface area contributed by atoms with Crippen molar-refractivity contribution in [2.24, 2.45) is 12.8 Å². The fourth-order valence-electron chi connectivity index (χ4n) is 2.08. The Bertz CT molecular complexity index is 712. The van der Waals surface area contributed by atoms with Crippen molar-refractivity contribution < 1.29 is 0 Å². The molecule has 0 fully saturated rings. The van der Waals surface area contributed by atoms with Crippen molar-refractivity contribution in [1.82, 2.24) is 19.1 Å². The Morgan fingerprint density at radius 2 is 2.22 bits per heavy atom. The van der Waals surface area contributed by atoms with Gasteiger partial charge >= 0.3 is 0 Å². The van der Waals surface area contributed by atoms with Crippen molar-refractivity contribution in [1.29, 1.82) is 0 Å². The average molecular weight is 259 g/mol. The molecular weight excluding hydrogens is 246 g/mol. The number of nitrogens with zero attached hydrogens (tertiary/aromatic N) is 4. The molecule has 0 unspecified atom stereocenters. The fourth-order valence-corrected chi connectivity index (χ4v) is 2.76. The van der Waals surface area contributed by atoms with Crippen molar-refractivity contribution in [3.8, 4) is 10.7 Å². The molecule has 0 spiro atoms. The summed E-state index contributed by atoms with van der Waals surface area (Å²) in [5.41, 5.74) is 9.77. The minimum atomic E-state index is 0.494. The molecule has 0 atom stereocenters. The molecule has 0 saturated heterocycles. The molecule has 0 saturated carbocycles. The monoisotopic (exact) mass is 259 g/mol. The quantitative estimate of drug-likeness (QED) is 0.762. The zero-order valence-electron chi connectivity index (χ0n) is 10.2. The summed E-state index contributed by atoms with van der Waals surface area (Å²) in [6.45, 7) is 2.44. The number of rotatable bonds is 2. The molecule has 0 radical (unpaired) electrons. The van der Waals surface area contributed by atoms with Gasteiger partial charge in [0.25, 0.3) is 0 Å². The Kier molecular flexibility index (Phi) is 2.61. The molecule has 3 aromatic rings. The van der Waals surface area contributed by atoms with E-state index in [4.69, 9.17) is 10.7 Å². The Labute approximate surface area is 108 Å². The van der Waals surface area contributed by atoms with Crippen LogP contribution in [0.2, 0.25) is 0 Å². The van der Waals surface area contributed by atoms with Crippen molar-refractivity contribution >= 4 is 22.6 Å². The third-order valence-corrected chi connectivity index (χ3v) is 3.89. The van der Waals surface area contributed by atoms with Crippen LogP contribution in [0.15, 0.2) is 18.2 Å². The van der Waals surface area contributed by atoms with E-state index >= 15 is 0 Å². The Morgan fingerprint density at radius 1 is 1.39 bits per heavy atom. The molecule has 5 nitrogen and oxygen atoms in total. The lowest BCUT2D eigenvalue weighted by Crippen LogP contribution is -1.97. The van der Waals surface area contributed by atoms with Crippen LogP contribution in [0, 0.1) is 6.92 Å². The Hall–Kier alpha value is -1.79. The molecule has 3 rings (SSSR count). The summed E-state index contributed by atoms with van der Waals surface area (Å²) in [5, 5.41) is 4.04. The molecule has 18 heavy (non-hydrogen) atoms. The first-order valence-corrected chi connectivity index (χ1v) is 6.43. The van der Waals surface area contributed by atoms with Gasteiger partial charge in [0.2, 0.25) is 0 Å². The van der Waals surface area contributed by atoms with Crippen molar-refractivity contribution in [3.05, 3.63) is 29.5 Å². The summed E-state index contributed by atoms with van der Waals surface area (Å²) >= 11 is 1.37. The molecule has 2 aromatic heterocycles. The first kappa shape index (κ1) is 11.3. The van der Waals surface area contributed by atoms with Crippen LogP contribution in [-0.2, 0) is 13.6 Å². The van der Waals surface area contributed by atoms with Gasteiger partial charge in [0.05, 0.1) is 16.7 Å². The second-order valence-corrected chi connectivity index (χ2v) is 4.93. The fraction of sp³-hybridized carbons (Fsp3) is 0.250. The lowest BCUT2D eigenvalue weighted by molar-refractivity contribution is 0.958. The molecule has 0 aliphatic carbocycles. The highest BCUT2D eigenvalue weighted by Gasteiger charge is 2.16. The normalized spacial score (nSPS) is 11.3. The minimum Gasteiger partial charge on any atom is -0.326 e. The van der Waals surface area contributed by atoms with Gasteiger partial charge in [-0.2, -0.15) is 0 Å². The molecule has 6 heteroatoms. The number of hydrogen-bond acceptors (Lipinski definition) is 5. The van der Waals surface area contributed by atoms with E-state index in [2.05, 4.69) is 20.2 Å². The van der Waals surface area contributed by atoms with Crippen LogP contribution in [0.5, 0.6) is 0 Å². The minimum absolute atomic E-state index is 0.494. The first-order chi connectivity index (χ1) is 8.72. The third kappa shape index (κ3) is 1.53. The van der Waals surface area contributed by atoms with Gasteiger partial charge < -0.3 is 10.3 Å². The second-order valence-electron chi connectivity index (χ2n) is 4.17. The summed E-state index contributed by atoms with van der Waals surface area (Å²) in [6.07, 6.45) is 0. The van der Waals surface area contributed by atoms with Gasteiger partial charge in [-0.3, -0.25) is 0 Å². The maximum Gasteiger partial charge on any atom is 0.154 e. The van der Waals surface area contributed by atoms with E-state index in [1.165, 1.54) is 11.5 Å². The zero-order chi connectivity index (χ0) is 12.7. The molecule has 0 amide bonds. The summed E-state index contributed by atoms with van der Waals surface area (Å²) < 4.78 is 6.03. The van der Waals surface area contributed by atoms with Crippen molar-refractivity contribution in [2.45, 2.75) is 13.5 Å². The second kappa shape index (κ2) is 4.15. The largest absolute Gasteiger partial charge is 0.326 e. The van der Waals surface area contributed by atoms with Gasteiger partial charge in [-0.05, 0) is 30.1 Å². The van der Waals surface area contributed by atoms with Crippen LogP contribution in [0.25, 0.3) is 21.7 Å². The van der Waals surface area contributed by atoms with Gasteiger partial charge in [0, 0.05) is 13.6 Å². The average Bonchev–Trinajstić information content (AvgIpc) is 2.93. The lowest BCUT2D eigenvalue weighted by Gasteiger charge is -2.00. The van der Waals surface area contributed by atoms with E-state index in [-0.39, 0.29) is 0 Å². The maximum absolute atomic E-state index is 5.75. The first-order valence-electron chi connectivity index (χ1n) is 5.66. The highest BCUT2D eigenvalue weighted by atomic mass is 32.1. The van der Waals surface area contributed by atoms with Gasteiger partial charge in [-0.25, -0.2) is 4.98 Å². The van der Waals surface area contributed by atoms with E-state index in [9.17, 15) is 0 Å². The molecular formula is C12H13N5S. The van der Waals surface area contributed by atoms with E-state index < -0.39 is 0 Å². The summed E-state index contributed by atoms with van der Waals surface area (Å²) in [6, 6.07) is 6.07. The van der Waals surface area contributed by atoms with Gasteiger partial charge in [-0.15, -0.1) is 5.10 Å². The number of fused-ring (bicyclic) bond motifs is 1. The number of hydrogen-bond donors (Lipinski definition) is 1. The van der Waals surface area contributed by atoms with Gasteiger partial charge in [0.1, 0.15) is 4.88 Å². The Balaban J connectivity index is 2.32. The number of aromatic nitrogens is 4. The Morgan fingerprint density at radius 3 is 2.89 bits per heavy atom. The summed E-state index contributed by atoms with van der Waals surface area (Å²) in [5.74, 6) is 0.901. The smallest absolute Gasteiger partial charge is 0.154 e. The third-order valence-electron chi connectivity index (χ3n) is 3.07. The van der Waals surface area contributed by atoms with E-state index in [1.54, 1.807) is 0 Å². The van der Waals surface area contributed by atoms with Crippen LogP contribution in [-0.4, -0.2) is 19.1 Å². The number of benzene rings is 1. The SMILES string of the molecule is Cc1nnsc1-c1nc2c(CN)cccc2n1C. The molecule has 2 N–H and O–H groups in total. The molecule has 0 aliphatic heterocycles. The molecule has 0 bridgehead atoms. The standard InChI is InChI=1S/C12H13N5S/c1-7-11(18-16-15-7)12-14-10-8(6-13)4-3-5-9(10)17(12)2/h3-5H,6,13H2,1-2H3. The van der Waals surface area contributed by atoms with Crippen LogP contribution in [0.1, 0.15) is 11.3 Å². The summed E-state index contributed by atoms with van der Waals surface area (Å²) in [4.78, 5) is 5.71. The zero-order valence-corrected chi connectivity index (χ0v) is 11.0. The van der Waals surface area contributed by atoms with Crippen LogP contribution < -0.4 is 5.73 Å². The van der Waals surface area contributed by atoms with E-state index in [1.807, 2.05) is 26.1 Å². The molecule has 1 aromatic carbocycles.